The summed E-state index contributed by atoms with van der Waals surface area (Å²) in [6, 6.07) is 4.89. The Kier molecular flexibility index (Phi) is 9.09. The van der Waals surface area contributed by atoms with Gasteiger partial charge in [0.1, 0.15) is 23.9 Å². The van der Waals surface area contributed by atoms with Gasteiger partial charge in [0.2, 0.25) is 0 Å². The summed E-state index contributed by atoms with van der Waals surface area (Å²) in [5, 5.41) is 9.48. The number of carbonyl (C=O) groups excluding carboxylic acids is 1. The zero-order valence-corrected chi connectivity index (χ0v) is 20.7. The Hall–Kier alpha value is -4.47. The monoisotopic (exact) mass is 538 g/mol. The standard InChI is InChI=1S/C27H25F3N6O3/c28-27(29,30)23-15-21(5-6-24(23)39-13-10-36-8-11-38-12-9-36)35-26(37)20-14-19(16-32-17-20)3-4-22-18-33-25(34-22)2-1-7-31/h1-2,5-7,14-18,31H,8-13H2,(H,33,34)(H,35,37)/b2-1-,31-7?. The second-order valence-electron chi connectivity index (χ2n) is 8.39. The number of aromatic amines is 1. The van der Waals surface area contributed by atoms with Gasteiger partial charge < -0.3 is 25.2 Å². The highest BCUT2D eigenvalue weighted by molar-refractivity contribution is 6.04. The van der Waals surface area contributed by atoms with Crippen LogP contribution >= 0.6 is 0 Å². The Bertz CT molecular complexity index is 1400. The number of H-pyrrole nitrogens is 1. The van der Waals surface area contributed by atoms with Crippen molar-refractivity contribution < 1.29 is 27.4 Å². The summed E-state index contributed by atoms with van der Waals surface area (Å²) in [5.41, 5.74) is 0.0531. The number of carbonyl (C=O) groups is 1. The van der Waals surface area contributed by atoms with Crippen LogP contribution in [-0.4, -0.2) is 71.4 Å². The molecule has 0 radical (unpaired) electrons. The van der Waals surface area contributed by atoms with Crippen LogP contribution in [-0.2, 0) is 10.9 Å². The summed E-state index contributed by atoms with van der Waals surface area (Å²) < 4.78 is 52.0. The Morgan fingerprint density at radius 1 is 1.21 bits per heavy atom. The molecule has 2 aromatic heterocycles. The molecule has 0 unspecified atom stereocenters. The van der Waals surface area contributed by atoms with Crippen molar-refractivity contribution in [2.75, 3.05) is 44.8 Å². The minimum absolute atomic E-state index is 0.0349. The van der Waals surface area contributed by atoms with E-state index in [0.29, 0.717) is 49.9 Å². The molecule has 0 saturated carbocycles. The summed E-state index contributed by atoms with van der Waals surface area (Å²) in [5.74, 6) is 5.31. The molecule has 3 N–H and O–H groups in total. The topological polar surface area (TPSA) is 116 Å². The van der Waals surface area contributed by atoms with E-state index in [4.69, 9.17) is 14.9 Å². The van der Waals surface area contributed by atoms with E-state index in [0.717, 1.165) is 12.3 Å². The molecule has 0 spiro atoms. The van der Waals surface area contributed by atoms with E-state index in [9.17, 15) is 18.0 Å². The largest absolute Gasteiger partial charge is 0.492 e. The van der Waals surface area contributed by atoms with Crippen molar-refractivity contribution in [1.29, 1.82) is 5.41 Å². The second kappa shape index (κ2) is 12.9. The maximum atomic E-state index is 13.7. The number of aromatic nitrogens is 3. The number of morpholine rings is 1. The number of pyridine rings is 1. The molecule has 0 bridgehead atoms. The number of benzene rings is 1. The minimum Gasteiger partial charge on any atom is -0.492 e. The summed E-state index contributed by atoms with van der Waals surface area (Å²) in [7, 11) is 0. The fraction of sp³-hybridized carbons (Fsp3) is 0.259. The SMILES string of the molecule is N=C/C=C\c1ncc(C#Cc2cncc(C(=O)Nc3ccc(OCCN4CCOCC4)c(C(F)(F)F)c3)c2)[nH]1. The van der Waals surface area contributed by atoms with E-state index in [1.807, 2.05) is 0 Å². The van der Waals surface area contributed by atoms with E-state index in [2.05, 4.69) is 37.0 Å². The van der Waals surface area contributed by atoms with Crippen LogP contribution in [0.2, 0.25) is 0 Å². The van der Waals surface area contributed by atoms with Crippen LogP contribution in [0.25, 0.3) is 6.08 Å². The van der Waals surface area contributed by atoms with Gasteiger partial charge in [-0.3, -0.25) is 14.7 Å². The van der Waals surface area contributed by atoms with Gasteiger partial charge in [-0.1, -0.05) is 5.92 Å². The first-order chi connectivity index (χ1) is 18.8. The molecule has 3 aromatic rings. The third-order valence-corrected chi connectivity index (χ3v) is 5.60. The first-order valence-corrected chi connectivity index (χ1v) is 12.0. The van der Waals surface area contributed by atoms with Crippen LogP contribution in [0.1, 0.15) is 33.0 Å². The number of nitrogens with zero attached hydrogens (tertiary/aromatic N) is 3. The normalized spacial score (nSPS) is 14.0. The van der Waals surface area contributed by atoms with Crippen LogP contribution in [0.5, 0.6) is 5.75 Å². The van der Waals surface area contributed by atoms with Crippen LogP contribution < -0.4 is 10.1 Å². The van der Waals surface area contributed by atoms with Crippen molar-refractivity contribution in [3.63, 3.8) is 0 Å². The van der Waals surface area contributed by atoms with Gasteiger partial charge in [-0.15, -0.1) is 0 Å². The van der Waals surface area contributed by atoms with Crippen molar-refractivity contribution in [2.45, 2.75) is 6.18 Å². The zero-order valence-electron chi connectivity index (χ0n) is 20.7. The molecular weight excluding hydrogens is 513 g/mol. The van der Waals surface area contributed by atoms with E-state index in [-0.39, 0.29) is 23.6 Å². The lowest BCUT2D eigenvalue weighted by Crippen LogP contribution is -2.38. The highest BCUT2D eigenvalue weighted by Gasteiger charge is 2.35. The van der Waals surface area contributed by atoms with Gasteiger partial charge in [-0.05, 0) is 42.3 Å². The number of imidazole rings is 1. The number of amides is 1. The number of alkyl halides is 3. The third-order valence-electron chi connectivity index (χ3n) is 5.60. The minimum atomic E-state index is -4.67. The van der Waals surface area contributed by atoms with Gasteiger partial charge in [-0.25, -0.2) is 4.98 Å². The molecule has 202 valence electrons. The number of rotatable bonds is 8. The summed E-state index contributed by atoms with van der Waals surface area (Å²) in [6.45, 7) is 3.15. The summed E-state index contributed by atoms with van der Waals surface area (Å²) in [6.07, 6.45) is 3.84. The Balaban J connectivity index is 1.42. The highest BCUT2D eigenvalue weighted by atomic mass is 19.4. The van der Waals surface area contributed by atoms with Crippen molar-refractivity contribution in [3.05, 3.63) is 77.1 Å². The van der Waals surface area contributed by atoms with Crippen molar-refractivity contribution >= 4 is 23.9 Å². The fourth-order valence-electron chi connectivity index (χ4n) is 3.66. The fourth-order valence-corrected chi connectivity index (χ4v) is 3.66. The zero-order chi connectivity index (χ0) is 27.7. The van der Waals surface area contributed by atoms with E-state index in [1.54, 1.807) is 6.08 Å². The van der Waals surface area contributed by atoms with E-state index < -0.39 is 17.6 Å². The number of hydrogen-bond acceptors (Lipinski definition) is 7. The molecule has 1 saturated heterocycles. The van der Waals surface area contributed by atoms with Crippen LogP contribution in [0.3, 0.4) is 0 Å². The number of ether oxygens (including phenoxy) is 2. The molecule has 39 heavy (non-hydrogen) atoms. The van der Waals surface area contributed by atoms with Gasteiger partial charge in [0.25, 0.3) is 5.91 Å². The molecule has 0 aliphatic carbocycles. The van der Waals surface area contributed by atoms with Crippen LogP contribution in [0, 0.1) is 17.3 Å². The van der Waals surface area contributed by atoms with Gasteiger partial charge in [0.05, 0.1) is 30.5 Å². The maximum Gasteiger partial charge on any atom is 0.420 e. The molecule has 0 atom stereocenters. The van der Waals surface area contributed by atoms with Crippen LogP contribution in [0.15, 0.2) is 48.9 Å². The number of halogens is 3. The molecule has 1 amide bonds. The van der Waals surface area contributed by atoms with Crippen LogP contribution in [0.4, 0.5) is 18.9 Å². The first kappa shape index (κ1) is 27.6. The predicted octanol–water partition coefficient (Wildman–Crippen LogP) is 3.85. The molecule has 9 nitrogen and oxygen atoms in total. The Labute approximate surface area is 222 Å². The third kappa shape index (κ3) is 8.00. The second-order valence-corrected chi connectivity index (χ2v) is 8.39. The van der Waals surface area contributed by atoms with Gasteiger partial charge in [0.15, 0.2) is 0 Å². The quantitative estimate of drug-likeness (QED) is 0.296. The molecule has 12 heteroatoms. The van der Waals surface area contributed by atoms with Crippen molar-refractivity contribution in [1.82, 2.24) is 19.9 Å². The first-order valence-electron chi connectivity index (χ1n) is 12.0. The summed E-state index contributed by atoms with van der Waals surface area (Å²) in [4.78, 5) is 25.9. The number of hydrogen-bond donors (Lipinski definition) is 3. The Morgan fingerprint density at radius 3 is 2.79 bits per heavy atom. The molecule has 1 aromatic carbocycles. The van der Waals surface area contributed by atoms with Crippen molar-refractivity contribution in [3.8, 4) is 17.6 Å². The van der Waals surface area contributed by atoms with E-state index in [1.165, 1.54) is 42.9 Å². The number of nitrogens with one attached hydrogen (secondary N) is 3. The van der Waals surface area contributed by atoms with Gasteiger partial charge in [0, 0.05) is 49.5 Å². The number of allylic oxidation sites excluding steroid dienone is 1. The smallest absolute Gasteiger partial charge is 0.420 e. The average molecular weight is 539 g/mol. The summed E-state index contributed by atoms with van der Waals surface area (Å²) >= 11 is 0. The molecule has 1 aliphatic heterocycles. The average Bonchev–Trinajstić information content (AvgIpc) is 3.39. The maximum absolute atomic E-state index is 13.7. The predicted molar refractivity (Wildman–Crippen MR) is 139 cm³/mol. The lowest BCUT2D eigenvalue weighted by atomic mass is 10.1. The molecule has 1 aliphatic rings. The lowest BCUT2D eigenvalue weighted by molar-refractivity contribution is -0.138. The lowest BCUT2D eigenvalue weighted by Gasteiger charge is -2.26. The van der Waals surface area contributed by atoms with Crippen molar-refractivity contribution in [2.24, 2.45) is 0 Å². The molecule has 4 rings (SSSR count). The molecule has 3 heterocycles. The highest BCUT2D eigenvalue weighted by Crippen LogP contribution is 2.38. The number of anilines is 1. The molecule has 1 fully saturated rings. The van der Waals surface area contributed by atoms with E-state index >= 15 is 0 Å². The van der Waals surface area contributed by atoms with Gasteiger partial charge >= 0.3 is 6.18 Å². The Morgan fingerprint density at radius 2 is 2.03 bits per heavy atom. The van der Waals surface area contributed by atoms with Gasteiger partial charge in [-0.2, -0.15) is 13.2 Å². The molecular formula is C27H25F3N6O3.